The van der Waals surface area contributed by atoms with Crippen molar-refractivity contribution in [2.75, 3.05) is 5.32 Å². The second-order valence-electron chi connectivity index (χ2n) is 5.67. The van der Waals surface area contributed by atoms with Gasteiger partial charge in [0.2, 0.25) is 0 Å². The summed E-state index contributed by atoms with van der Waals surface area (Å²) in [7, 11) is 0. The van der Waals surface area contributed by atoms with E-state index in [0.29, 0.717) is 5.56 Å². The van der Waals surface area contributed by atoms with Crippen LogP contribution in [0.15, 0.2) is 36.7 Å². The molecule has 0 amide bonds. The Kier molecular flexibility index (Phi) is 4.76. The molecule has 0 fully saturated rings. The third-order valence-corrected chi connectivity index (χ3v) is 4.62. The molecule has 0 aliphatic heterocycles. The highest BCUT2D eigenvalue weighted by atomic mass is 32.1. The lowest BCUT2D eigenvalue weighted by Gasteiger charge is -2.10. The summed E-state index contributed by atoms with van der Waals surface area (Å²) in [5, 5.41) is 4.28. The van der Waals surface area contributed by atoms with Gasteiger partial charge in [0.15, 0.2) is 0 Å². The third-order valence-electron chi connectivity index (χ3n) is 3.43. The van der Waals surface area contributed by atoms with Gasteiger partial charge in [0, 0.05) is 10.6 Å². The number of hydrogen-bond donors (Lipinski definition) is 1. The molecule has 1 N–H and O–H groups in total. The average molecular weight is 341 g/mol. The van der Waals surface area contributed by atoms with E-state index >= 15 is 0 Å². The van der Waals surface area contributed by atoms with Gasteiger partial charge < -0.3 is 10.1 Å². The van der Waals surface area contributed by atoms with Gasteiger partial charge in [0.05, 0.1) is 17.1 Å². The maximum absolute atomic E-state index is 12.0. The number of anilines is 2. The highest BCUT2D eigenvalue weighted by Gasteiger charge is 2.11. The van der Waals surface area contributed by atoms with E-state index in [1.807, 2.05) is 26.0 Å². The maximum atomic E-state index is 12.0. The van der Waals surface area contributed by atoms with Crippen molar-refractivity contribution in [1.29, 1.82) is 0 Å². The SMILES string of the molecule is CCc1cc2c(Nc3cccc(C(=O)OC(C)C)c3)ncnc2s1. The number of thiophene rings is 1. The van der Waals surface area contributed by atoms with Crippen LogP contribution in [0.3, 0.4) is 0 Å². The molecular formula is C18H19N3O2S. The minimum absolute atomic E-state index is 0.145. The van der Waals surface area contributed by atoms with Crippen LogP contribution in [-0.4, -0.2) is 22.0 Å². The second kappa shape index (κ2) is 6.97. The molecule has 2 heterocycles. The van der Waals surface area contributed by atoms with E-state index in [1.165, 1.54) is 4.88 Å². The molecule has 24 heavy (non-hydrogen) atoms. The summed E-state index contributed by atoms with van der Waals surface area (Å²) < 4.78 is 5.24. The summed E-state index contributed by atoms with van der Waals surface area (Å²) in [6.07, 6.45) is 2.38. The first-order valence-electron chi connectivity index (χ1n) is 7.88. The molecule has 5 nitrogen and oxygen atoms in total. The van der Waals surface area contributed by atoms with E-state index in [1.54, 1.807) is 29.8 Å². The third kappa shape index (κ3) is 3.54. The minimum Gasteiger partial charge on any atom is -0.459 e. The number of aryl methyl sites for hydroxylation is 1. The van der Waals surface area contributed by atoms with Crippen molar-refractivity contribution in [3.63, 3.8) is 0 Å². The summed E-state index contributed by atoms with van der Waals surface area (Å²) in [4.78, 5) is 22.9. The van der Waals surface area contributed by atoms with Gasteiger partial charge in [-0.2, -0.15) is 0 Å². The van der Waals surface area contributed by atoms with Crippen molar-refractivity contribution in [3.05, 3.63) is 47.1 Å². The molecule has 0 aliphatic carbocycles. The molecular weight excluding hydrogens is 322 g/mol. The van der Waals surface area contributed by atoms with Gasteiger partial charge in [-0.25, -0.2) is 14.8 Å². The first kappa shape index (κ1) is 16.4. The van der Waals surface area contributed by atoms with E-state index < -0.39 is 0 Å². The molecule has 0 bridgehead atoms. The normalized spacial score (nSPS) is 11.0. The topological polar surface area (TPSA) is 64.1 Å². The highest BCUT2D eigenvalue weighted by Crippen LogP contribution is 2.30. The summed E-state index contributed by atoms with van der Waals surface area (Å²) in [5.74, 6) is 0.413. The van der Waals surface area contributed by atoms with Gasteiger partial charge in [-0.1, -0.05) is 13.0 Å². The Morgan fingerprint density at radius 3 is 2.88 bits per heavy atom. The molecule has 2 aromatic heterocycles. The molecule has 6 heteroatoms. The van der Waals surface area contributed by atoms with E-state index in [2.05, 4.69) is 28.3 Å². The largest absolute Gasteiger partial charge is 0.459 e. The van der Waals surface area contributed by atoms with Crippen LogP contribution in [0.5, 0.6) is 0 Å². The van der Waals surface area contributed by atoms with Crippen LogP contribution >= 0.6 is 11.3 Å². The summed E-state index contributed by atoms with van der Waals surface area (Å²) in [5.41, 5.74) is 1.30. The average Bonchev–Trinajstić information content (AvgIpc) is 2.99. The number of carbonyl (C=O) groups excluding carboxylic acids is 1. The monoisotopic (exact) mass is 341 g/mol. The van der Waals surface area contributed by atoms with Crippen LogP contribution in [0.2, 0.25) is 0 Å². The predicted molar refractivity (Wildman–Crippen MR) is 97.1 cm³/mol. The Morgan fingerprint density at radius 2 is 2.12 bits per heavy atom. The van der Waals surface area contributed by atoms with Crippen molar-refractivity contribution in [3.8, 4) is 0 Å². The standard InChI is InChI=1S/C18H19N3O2S/c1-4-14-9-15-16(19-10-20-17(15)24-14)21-13-7-5-6-12(8-13)18(22)23-11(2)3/h5-11H,4H2,1-3H3,(H,19,20,21). The summed E-state index contributed by atoms with van der Waals surface area (Å²) >= 11 is 1.67. The Labute approximate surface area is 144 Å². The zero-order chi connectivity index (χ0) is 17.1. The number of rotatable bonds is 5. The van der Waals surface area contributed by atoms with Crippen molar-refractivity contribution in [2.45, 2.75) is 33.3 Å². The van der Waals surface area contributed by atoms with E-state index in [4.69, 9.17) is 4.74 Å². The van der Waals surface area contributed by atoms with Crippen molar-refractivity contribution < 1.29 is 9.53 Å². The van der Waals surface area contributed by atoms with Crippen molar-refractivity contribution >= 4 is 39.0 Å². The molecule has 124 valence electrons. The molecule has 3 rings (SSSR count). The predicted octanol–water partition coefficient (Wildman–Crippen LogP) is 4.56. The molecule has 0 aliphatic rings. The Hall–Kier alpha value is -2.47. The van der Waals surface area contributed by atoms with Crippen LogP contribution < -0.4 is 5.32 Å². The fourth-order valence-electron chi connectivity index (χ4n) is 2.32. The number of ether oxygens (including phenoxy) is 1. The number of carbonyl (C=O) groups is 1. The van der Waals surface area contributed by atoms with E-state index in [-0.39, 0.29) is 12.1 Å². The Morgan fingerprint density at radius 1 is 1.29 bits per heavy atom. The lowest BCUT2D eigenvalue weighted by Crippen LogP contribution is -2.11. The molecule has 0 unspecified atom stereocenters. The maximum Gasteiger partial charge on any atom is 0.338 e. The zero-order valence-corrected chi connectivity index (χ0v) is 14.7. The number of aromatic nitrogens is 2. The van der Waals surface area contributed by atoms with E-state index in [0.717, 1.165) is 28.1 Å². The highest BCUT2D eigenvalue weighted by molar-refractivity contribution is 7.18. The van der Waals surface area contributed by atoms with Gasteiger partial charge in [0.1, 0.15) is 17.0 Å². The number of fused-ring (bicyclic) bond motifs is 1. The van der Waals surface area contributed by atoms with Gasteiger partial charge in [-0.3, -0.25) is 0 Å². The van der Waals surface area contributed by atoms with Crippen LogP contribution in [0.1, 0.15) is 36.0 Å². The van der Waals surface area contributed by atoms with Crippen LogP contribution in [0, 0.1) is 0 Å². The van der Waals surface area contributed by atoms with Gasteiger partial charge in [-0.15, -0.1) is 11.3 Å². The minimum atomic E-state index is -0.328. The van der Waals surface area contributed by atoms with E-state index in [9.17, 15) is 4.79 Å². The Bertz CT molecular complexity index is 874. The fraction of sp³-hybridized carbons (Fsp3) is 0.278. The van der Waals surface area contributed by atoms with Crippen molar-refractivity contribution in [2.24, 2.45) is 0 Å². The molecule has 0 saturated carbocycles. The zero-order valence-electron chi connectivity index (χ0n) is 13.9. The van der Waals surface area contributed by atoms with Crippen LogP contribution in [0.25, 0.3) is 10.2 Å². The summed E-state index contributed by atoms with van der Waals surface area (Å²) in [6.45, 7) is 5.79. The van der Waals surface area contributed by atoms with Crippen molar-refractivity contribution in [1.82, 2.24) is 9.97 Å². The number of nitrogens with one attached hydrogen (secondary N) is 1. The lowest BCUT2D eigenvalue weighted by molar-refractivity contribution is 0.0378. The van der Waals surface area contributed by atoms with Gasteiger partial charge >= 0.3 is 5.97 Å². The molecule has 0 spiro atoms. The number of nitrogens with zero attached hydrogens (tertiary/aromatic N) is 2. The van der Waals surface area contributed by atoms with Crippen LogP contribution in [0.4, 0.5) is 11.5 Å². The molecule has 3 aromatic rings. The molecule has 0 radical (unpaired) electrons. The summed E-state index contributed by atoms with van der Waals surface area (Å²) in [6, 6.07) is 9.34. The quantitative estimate of drug-likeness (QED) is 0.689. The molecule has 0 saturated heterocycles. The van der Waals surface area contributed by atoms with Gasteiger partial charge in [-0.05, 0) is 44.5 Å². The first-order valence-corrected chi connectivity index (χ1v) is 8.70. The van der Waals surface area contributed by atoms with Gasteiger partial charge in [0.25, 0.3) is 0 Å². The Balaban J connectivity index is 1.89. The number of benzene rings is 1. The molecule has 0 atom stereocenters. The molecule has 1 aromatic carbocycles. The second-order valence-corrected chi connectivity index (χ2v) is 6.78. The smallest absolute Gasteiger partial charge is 0.338 e. The van der Waals surface area contributed by atoms with Crippen LogP contribution in [-0.2, 0) is 11.2 Å². The first-order chi connectivity index (χ1) is 11.6. The number of esters is 1. The fourth-order valence-corrected chi connectivity index (χ4v) is 3.26. The number of hydrogen-bond acceptors (Lipinski definition) is 6. The lowest BCUT2D eigenvalue weighted by atomic mass is 10.2.